The van der Waals surface area contributed by atoms with Crippen molar-refractivity contribution in [2.24, 2.45) is 0 Å². The summed E-state index contributed by atoms with van der Waals surface area (Å²) in [6.45, 7) is 0. The first-order valence-electron chi connectivity index (χ1n) is 8.30. The molecule has 0 atom stereocenters. The normalized spacial score (nSPS) is 10.2. The standard InChI is InChI=1S/C20H16ClN3O3S/c21-15-7-3-13(4-8-15)12-18(25)23-24-19(26)14-5-9-16(10-6-14)22-20(27)17-2-1-11-28-17/h1-11H,12H2,(H,22,27)(H,23,25)(H,24,26). The van der Waals surface area contributed by atoms with Gasteiger partial charge >= 0.3 is 0 Å². The summed E-state index contributed by atoms with van der Waals surface area (Å²) in [4.78, 5) is 36.7. The van der Waals surface area contributed by atoms with Crippen LogP contribution in [0, 0.1) is 0 Å². The monoisotopic (exact) mass is 413 g/mol. The fourth-order valence-corrected chi connectivity index (χ4v) is 3.08. The van der Waals surface area contributed by atoms with Crippen molar-refractivity contribution >= 4 is 46.3 Å². The van der Waals surface area contributed by atoms with Crippen molar-refractivity contribution in [1.29, 1.82) is 0 Å². The first-order valence-corrected chi connectivity index (χ1v) is 9.55. The lowest BCUT2D eigenvalue weighted by Gasteiger charge is -2.09. The molecule has 1 heterocycles. The largest absolute Gasteiger partial charge is 0.321 e. The highest BCUT2D eigenvalue weighted by atomic mass is 35.5. The highest BCUT2D eigenvalue weighted by Gasteiger charge is 2.10. The Balaban J connectivity index is 1.49. The fraction of sp³-hybridized carbons (Fsp3) is 0.0500. The second-order valence-electron chi connectivity index (χ2n) is 5.81. The van der Waals surface area contributed by atoms with Crippen LogP contribution >= 0.6 is 22.9 Å². The Labute approximate surface area is 170 Å². The second kappa shape index (κ2) is 9.16. The molecular weight excluding hydrogens is 398 g/mol. The lowest BCUT2D eigenvalue weighted by atomic mass is 10.1. The predicted molar refractivity (Wildman–Crippen MR) is 109 cm³/mol. The van der Waals surface area contributed by atoms with Crippen molar-refractivity contribution in [3.05, 3.63) is 87.1 Å². The zero-order valence-corrected chi connectivity index (χ0v) is 16.1. The number of hydrazine groups is 1. The fourth-order valence-electron chi connectivity index (χ4n) is 2.34. The summed E-state index contributed by atoms with van der Waals surface area (Å²) >= 11 is 7.15. The number of hydrogen-bond donors (Lipinski definition) is 3. The number of carbonyl (C=O) groups excluding carboxylic acids is 3. The van der Waals surface area contributed by atoms with Crippen LogP contribution in [-0.2, 0) is 11.2 Å². The van der Waals surface area contributed by atoms with E-state index in [-0.39, 0.29) is 18.2 Å². The molecule has 6 nitrogen and oxygen atoms in total. The molecule has 0 bridgehead atoms. The lowest BCUT2D eigenvalue weighted by molar-refractivity contribution is -0.121. The molecule has 0 aliphatic carbocycles. The van der Waals surface area contributed by atoms with Crippen molar-refractivity contribution in [2.75, 3.05) is 5.32 Å². The van der Waals surface area contributed by atoms with Gasteiger partial charge in [0.2, 0.25) is 5.91 Å². The molecular formula is C20H16ClN3O3S. The lowest BCUT2D eigenvalue weighted by Crippen LogP contribution is -2.42. The van der Waals surface area contributed by atoms with E-state index in [0.29, 0.717) is 21.2 Å². The maximum atomic E-state index is 12.1. The minimum atomic E-state index is -0.458. The van der Waals surface area contributed by atoms with Gasteiger partial charge in [-0.3, -0.25) is 25.2 Å². The van der Waals surface area contributed by atoms with Gasteiger partial charge in [0.25, 0.3) is 11.8 Å². The summed E-state index contributed by atoms with van der Waals surface area (Å²) in [5.74, 6) is -1.02. The number of nitrogens with one attached hydrogen (secondary N) is 3. The Kier molecular flexibility index (Phi) is 6.41. The summed E-state index contributed by atoms with van der Waals surface area (Å²) < 4.78 is 0. The molecule has 8 heteroatoms. The number of rotatable bonds is 5. The van der Waals surface area contributed by atoms with E-state index in [9.17, 15) is 14.4 Å². The molecule has 28 heavy (non-hydrogen) atoms. The van der Waals surface area contributed by atoms with E-state index >= 15 is 0 Å². The van der Waals surface area contributed by atoms with Gasteiger partial charge in [0, 0.05) is 16.3 Å². The van der Waals surface area contributed by atoms with Crippen LogP contribution in [0.1, 0.15) is 25.6 Å². The highest BCUT2D eigenvalue weighted by molar-refractivity contribution is 7.12. The van der Waals surface area contributed by atoms with Crippen molar-refractivity contribution < 1.29 is 14.4 Å². The van der Waals surface area contributed by atoms with E-state index in [0.717, 1.165) is 5.56 Å². The predicted octanol–water partition coefficient (Wildman–Crippen LogP) is 3.66. The number of hydrogen-bond acceptors (Lipinski definition) is 4. The number of halogens is 1. The zero-order valence-electron chi connectivity index (χ0n) is 14.6. The first-order chi connectivity index (χ1) is 13.5. The van der Waals surface area contributed by atoms with E-state index in [1.807, 2.05) is 5.38 Å². The number of carbonyl (C=O) groups is 3. The molecule has 0 fully saturated rings. The third kappa shape index (κ3) is 5.42. The van der Waals surface area contributed by atoms with E-state index in [1.165, 1.54) is 11.3 Å². The van der Waals surface area contributed by atoms with Crippen molar-refractivity contribution in [2.45, 2.75) is 6.42 Å². The van der Waals surface area contributed by atoms with E-state index in [4.69, 9.17) is 11.6 Å². The molecule has 1 aromatic heterocycles. The van der Waals surface area contributed by atoms with Crippen LogP contribution in [0.15, 0.2) is 66.0 Å². The first kappa shape index (κ1) is 19.6. The SMILES string of the molecule is O=C(Cc1ccc(Cl)cc1)NNC(=O)c1ccc(NC(=O)c2cccs2)cc1. The molecule has 3 N–H and O–H groups in total. The Hall–Kier alpha value is -3.16. The van der Waals surface area contributed by atoms with Crippen LogP contribution in [0.4, 0.5) is 5.69 Å². The van der Waals surface area contributed by atoms with Crippen LogP contribution in [0.3, 0.4) is 0 Å². The van der Waals surface area contributed by atoms with Crippen molar-refractivity contribution in [1.82, 2.24) is 10.9 Å². The number of amides is 3. The quantitative estimate of drug-likeness (QED) is 0.558. The maximum absolute atomic E-state index is 12.1. The molecule has 0 aliphatic rings. The van der Waals surface area contributed by atoms with E-state index in [1.54, 1.807) is 60.7 Å². The summed E-state index contributed by atoms with van der Waals surface area (Å²) in [7, 11) is 0. The number of anilines is 1. The number of thiophene rings is 1. The Morgan fingerprint density at radius 1 is 0.857 bits per heavy atom. The molecule has 142 valence electrons. The summed E-state index contributed by atoms with van der Waals surface area (Å²) in [5.41, 5.74) is 6.43. The van der Waals surface area contributed by atoms with Crippen LogP contribution in [0.25, 0.3) is 0 Å². The third-order valence-corrected chi connectivity index (χ3v) is 4.86. The maximum Gasteiger partial charge on any atom is 0.269 e. The van der Waals surface area contributed by atoms with Gasteiger partial charge in [-0.05, 0) is 53.4 Å². The summed E-state index contributed by atoms with van der Waals surface area (Å²) in [6.07, 6.45) is 0.116. The van der Waals surface area contributed by atoms with E-state index in [2.05, 4.69) is 16.2 Å². The minimum Gasteiger partial charge on any atom is -0.321 e. The average Bonchev–Trinajstić information content (AvgIpc) is 3.23. The smallest absolute Gasteiger partial charge is 0.269 e. The van der Waals surface area contributed by atoms with Crippen molar-refractivity contribution in [3.8, 4) is 0 Å². The summed E-state index contributed by atoms with van der Waals surface area (Å²) in [6, 6.07) is 16.8. The van der Waals surface area contributed by atoms with Crippen LogP contribution in [0.2, 0.25) is 5.02 Å². The molecule has 0 spiro atoms. The second-order valence-corrected chi connectivity index (χ2v) is 7.20. The molecule has 0 saturated heterocycles. The molecule has 2 aromatic carbocycles. The van der Waals surface area contributed by atoms with E-state index < -0.39 is 5.91 Å². The Morgan fingerprint density at radius 2 is 1.57 bits per heavy atom. The highest BCUT2D eigenvalue weighted by Crippen LogP contribution is 2.14. The van der Waals surface area contributed by atoms with Gasteiger partial charge < -0.3 is 5.32 Å². The third-order valence-electron chi connectivity index (χ3n) is 3.74. The van der Waals surface area contributed by atoms with Gasteiger partial charge in [-0.15, -0.1) is 11.3 Å². The van der Waals surface area contributed by atoms with Crippen LogP contribution in [0.5, 0.6) is 0 Å². The van der Waals surface area contributed by atoms with Gasteiger partial charge in [-0.2, -0.15) is 0 Å². The Morgan fingerprint density at radius 3 is 2.21 bits per heavy atom. The molecule has 3 rings (SSSR count). The zero-order chi connectivity index (χ0) is 19.9. The molecule has 3 aromatic rings. The van der Waals surface area contributed by atoms with Gasteiger partial charge in [0.1, 0.15) is 0 Å². The van der Waals surface area contributed by atoms with Gasteiger partial charge in [0.05, 0.1) is 11.3 Å². The van der Waals surface area contributed by atoms with Gasteiger partial charge in [-0.1, -0.05) is 29.8 Å². The minimum absolute atomic E-state index is 0.116. The molecule has 0 saturated carbocycles. The molecule has 0 aliphatic heterocycles. The van der Waals surface area contributed by atoms with Crippen molar-refractivity contribution in [3.63, 3.8) is 0 Å². The van der Waals surface area contributed by atoms with Crippen LogP contribution < -0.4 is 16.2 Å². The molecule has 3 amide bonds. The van der Waals surface area contributed by atoms with Crippen LogP contribution in [-0.4, -0.2) is 17.7 Å². The molecule has 0 radical (unpaired) electrons. The number of benzene rings is 2. The topological polar surface area (TPSA) is 87.3 Å². The molecule has 0 unspecified atom stereocenters. The van der Waals surface area contributed by atoms with Gasteiger partial charge in [0.15, 0.2) is 0 Å². The Bertz CT molecular complexity index is 971. The average molecular weight is 414 g/mol. The van der Waals surface area contributed by atoms with Gasteiger partial charge in [-0.25, -0.2) is 0 Å². The summed E-state index contributed by atoms with van der Waals surface area (Å²) in [5, 5.41) is 5.17.